The third kappa shape index (κ3) is 3.42. The van der Waals surface area contributed by atoms with Crippen LogP contribution in [0.2, 0.25) is 0 Å². The molecule has 1 heterocycles. The Balaban J connectivity index is 1.88. The van der Waals surface area contributed by atoms with Gasteiger partial charge < -0.3 is 5.32 Å². The first-order chi connectivity index (χ1) is 11.4. The lowest BCUT2D eigenvalue weighted by atomic mass is 10.2. The first-order valence-electron chi connectivity index (χ1n) is 7.60. The van der Waals surface area contributed by atoms with Gasteiger partial charge >= 0.3 is 0 Å². The van der Waals surface area contributed by atoms with Gasteiger partial charge in [-0.15, -0.1) is 11.8 Å². The molecule has 7 heteroatoms. The average Bonchev–Trinajstić information content (AvgIpc) is 2.55. The second-order valence-corrected chi connectivity index (χ2v) is 8.56. The van der Waals surface area contributed by atoms with Crippen LogP contribution in [0.25, 0.3) is 0 Å². The third-order valence-corrected chi connectivity index (χ3v) is 6.58. The summed E-state index contributed by atoms with van der Waals surface area (Å²) >= 11 is 1.46. The van der Waals surface area contributed by atoms with Crippen molar-refractivity contribution in [3.8, 4) is 0 Å². The van der Waals surface area contributed by atoms with Gasteiger partial charge in [-0.1, -0.05) is 24.6 Å². The van der Waals surface area contributed by atoms with E-state index in [1.54, 1.807) is 24.3 Å². The van der Waals surface area contributed by atoms with Crippen LogP contribution in [0.4, 0.5) is 11.4 Å². The Morgan fingerprint density at radius 2 is 1.88 bits per heavy atom. The number of thioether (sulfide) groups is 1. The van der Waals surface area contributed by atoms with E-state index in [0.29, 0.717) is 11.4 Å². The van der Waals surface area contributed by atoms with Crippen molar-refractivity contribution in [3.63, 3.8) is 0 Å². The van der Waals surface area contributed by atoms with Gasteiger partial charge in [0.1, 0.15) is 0 Å². The predicted octanol–water partition coefficient (Wildman–Crippen LogP) is 3.62. The zero-order valence-electron chi connectivity index (χ0n) is 13.4. The van der Waals surface area contributed by atoms with Crippen molar-refractivity contribution in [2.45, 2.75) is 35.3 Å². The highest BCUT2D eigenvalue weighted by Crippen LogP contribution is 2.38. The van der Waals surface area contributed by atoms with Crippen molar-refractivity contribution in [1.82, 2.24) is 0 Å². The highest BCUT2D eigenvalue weighted by Gasteiger charge is 2.27. The molecule has 24 heavy (non-hydrogen) atoms. The van der Waals surface area contributed by atoms with Gasteiger partial charge in [0.05, 0.1) is 15.8 Å². The minimum atomic E-state index is -3.71. The Morgan fingerprint density at radius 1 is 1.17 bits per heavy atom. The molecule has 0 saturated carbocycles. The number of fused-ring (bicyclic) bond motifs is 1. The molecule has 0 aromatic heterocycles. The molecule has 1 atom stereocenters. The molecule has 5 nitrogen and oxygen atoms in total. The molecule has 1 unspecified atom stereocenters. The van der Waals surface area contributed by atoms with E-state index >= 15 is 0 Å². The topological polar surface area (TPSA) is 75.3 Å². The largest absolute Gasteiger partial charge is 0.324 e. The van der Waals surface area contributed by atoms with Gasteiger partial charge in [0.2, 0.25) is 5.91 Å². The van der Waals surface area contributed by atoms with Crippen LogP contribution in [0.3, 0.4) is 0 Å². The van der Waals surface area contributed by atoms with Gasteiger partial charge in [-0.3, -0.25) is 9.52 Å². The van der Waals surface area contributed by atoms with Crippen LogP contribution in [0.1, 0.15) is 18.9 Å². The number of carbonyl (C=O) groups is 1. The summed E-state index contributed by atoms with van der Waals surface area (Å²) in [6.07, 6.45) is 0.727. The molecular weight excluding hydrogens is 344 g/mol. The quantitative estimate of drug-likeness (QED) is 0.871. The standard InChI is InChI=1S/C17H18N2O3S2/c1-3-15-17(20)18-14-10-13(8-9-16(14)23-15)24(21,22)19-12-6-4-11(2)5-7-12/h4-10,15,19H,3H2,1-2H3,(H,18,20). The second kappa shape index (κ2) is 6.49. The van der Waals surface area contributed by atoms with Gasteiger partial charge in [0.25, 0.3) is 10.0 Å². The molecule has 2 aromatic rings. The normalized spacial score (nSPS) is 17.1. The van der Waals surface area contributed by atoms with Crippen LogP contribution in [0, 0.1) is 6.92 Å². The Hall–Kier alpha value is -1.99. The predicted molar refractivity (Wildman–Crippen MR) is 97.0 cm³/mol. The molecule has 0 spiro atoms. The van der Waals surface area contributed by atoms with Crippen LogP contribution >= 0.6 is 11.8 Å². The monoisotopic (exact) mass is 362 g/mol. The minimum absolute atomic E-state index is 0.0870. The second-order valence-electron chi connectivity index (χ2n) is 5.63. The molecule has 126 valence electrons. The minimum Gasteiger partial charge on any atom is -0.324 e. The van der Waals surface area contributed by atoms with Crippen molar-refractivity contribution in [1.29, 1.82) is 0 Å². The molecular formula is C17H18N2O3S2. The van der Waals surface area contributed by atoms with Crippen molar-refractivity contribution >= 4 is 39.1 Å². The van der Waals surface area contributed by atoms with E-state index in [1.807, 2.05) is 26.0 Å². The summed E-state index contributed by atoms with van der Waals surface area (Å²) in [4.78, 5) is 13.0. The lowest BCUT2D eigenvalue weighted by molar-refractivity contribution is -0.115. The summed E-state index contributed by atoms with van der Waals surface area (Å²) in [5, 5.41) is 2.66. The zero-order chi connectivity index (χ0) is 17.3. The molecule has 2 N–H and O–H groups in total. The molecule has 0 bridgehead atoms. The molecule has 0 saturated heterocycles. The Kier molecular flexibility index (Phi) is 4.56. The van der Waals surface area contributed by atoms with E-state index in [4.69, 9.17) is 0 Å². The molecule has 1 aliphatic rings. The summed E-state index contributed by atoms with van der Waals surface area (Å²) < 4.78 is 27.6. The zero-order valence-corrected chi connectivity index (χ0v) is 15.0. The lowest BCUT2D eigenvalue weighted by Crippen LogP contribution is -2.28. The SMILES string of the molecule is CCC1Sc2ccc(S(=O)(=O)Nc3ccc(C)cc3)cc2NC1=O. The maximum atomic E-state index is 12.5. The summed E-state index contributed by atoms with van der Waals surface area (Å²) in [6.45, 7) is 3.89. The van der Waals surface area contributed by atoms with E-state index in [0.717, 1.165) is 16.9 Å². The molecule has 0 aliphatic carbocycles. The number of rotatable bonds is 4. The Bertz CT molecular complexity index is 877. The highest BCUT2D eigenvalue weighted by molar-refractivity contribution is 8.01. The fourth-order valence-corrected chi connectivity index (χ4v) is 4.51. The summed E-state index contributed by atoms with van der Waals surface area (Å²) in [6, 6.07) is 11.9. The van der Waals surface area contributed by atoms with E-state index < -0.39 is 10.0 Å². The average molecular weight is 362 g/mol. The van der Waals surface area contributed by atoms with Gasteiger partial charge in [0.15, 0.2) is 0 Å². The number of aryl methyl sites for hydroxylation is 1. The summed E-state index contributed by atoms with van der Waals surface area (Å²) in [5.41, 5.74) is 2.10. The van der Waals surface area contributed by atoms with E-state index in [9.17, 15) is 13.2 Å². The number of sulfonamides is 1. The number of carbonyl (C=O) groups excluding carboxylic acids is 1. The molecule has 1 aliphatic heterocycles. The van der Waals surface area contributed by atoms with Gasteiger partial charge in [-0.2, -0.15) is 0 Å². The number of anilines is 2. The molecule has 3 rings (SSSR count). The Morgan fingerprint density at radius 3 is 2.54 bits per heavy atom. The van der Waals surface area contributed by atoms with Gasteiger partial charge in [-0.05, 0) is 43.7 Å². The number of amides is 1. The maximum Gasteiger partial charge on any atom is 0.261 e. The first kappa shape index (κ1) is 16.9. The lowest BCUT2D eigenvalue weighted by Gasteiger charge is -2.23. The molecule has 0 fully saturated rings. The third-order valence-electron chi connectivity index (χ3n) is 3.76. The van der Waals surface area contributed by atoms with Gasteiger partial charge in [0, 0.05) is 10.6 Å². The van der Waals surface area contributed by atoms with Crippen molar-refractivity contribution in [2.24, 2.45) is 0 Å². The maximum absolute atomic E-state index is 12.5. The van der Waals surface area contributed by atoms with Crippen LogP contribution in [0.5, 0.6) is 0 Å². The van der Waals surface area contributed by atoms with Crippen molar-refractivity contribution in [3.05, 3.63) is 48.0 Å². The van der Waals surface area contributed by atoms with Crippen LogP contribution in [-0.4, -0.2) is 19.6 Å². The number of nitrogens with one attached hydrogen (secondary N) is 2. The summed E-state index contributed by atoms with van der Waals surface area (Å²) in [7, 11) is -3.71. The van der Waals surface area contributed by atoms with E-state index in [-0.39, 0.29) is 16.1 Å². The molecule has 1 amide bonds. The fourth-order valence-electron chi connectivity index (χ4n) is 2.40. The smallest absolute Gasteiger partial charge is 0.261 e. The highest BCUT2D eigenvalue weighted by atomic mass is 32.2. The number of hydrogen-bond acceptors (Lipinski definition) is 4. The van der Waals surface area contributed by atoms with Crippen LogP contribution in [0.15, 0.2) is 52.3 Å². The Labute approximate surface area is 145 Å². The molecule has 0 radical (unpaired) electrons. The summed E-state index contributed by atoms with van der Waals surface area (Å²) in [5.74, 6) is -0.0870. The number of benzene rings is 2. The molecule has 2 aromatic carbocycles. The van der Waals surface area contributed by atoms with E-state index in [2.05, 4.69) is 10.0 Å². The van der Waals surface area contributed by atoms with E-state index in [1.165, 1.54) is 17.8 Å². The van der Waals surface area contributed by atoms with Gasteiger partial charge in [-0.25, -0.2) is 8.42 Å². The van der Waals surface area contributed by atoms with Crippen molar-refractivity contribution < 1.29 is 13.2 Å². The fraction of sp³-hybridized carbons (Fsp3) is 0.235. The van der Waals surface area contributed by atoms with Crippen LogP contribution < -0.4 is 10.0 Å². The van der Waals surface area contributed by atoms with Crippen molar-refractivity contribution in [2.75, 3.05) is 10.0 Å². The number of hydrogen-bond donors (Lipinski definition) is 2. The van der Waals surface area contributed by atoms with Crippen LogP contribution in [-0.2, 0) is 14.8 Å². The first-order valence-corrected chi connectivity index (χ1v) is 9.96.